The first-order valence-electron chi connectivity index (χ1n) is 4.01. The number of hydrogen-bond donors (Lipinski definition) is 1. The molecule has 4 heteroatoms. The van der Waals surface area contributed by atoms with Gasteiger partial charge >= 0.3 is 0 Å². The van der Waals surface area contributed by atoms with E-state index in [4.69, 9.17) is 10.3 Å². The number of nitrogens with two attached hydrogens (primary N) is 1. The second kappa shape index (κ2) is 3.72. The van der Waals surface area contributed by atoms with Crippen LogP contribution in [0.2, 0.25) is 0 Å². The number of fused-ring (bicyclic) bond motifs is 1. The monoisotopic (exact) mass is 250 g/mol. The fourth-order valence-corrected chi connectivity index (χ4v) is 1.31. The summed E-state index contributed by atoms with van der Waals surface area (Å²) in [5, 5.41) is 5.13. The molecule has 2 aromatic rings. The molecule has 0 saturated heterocycles. The Morgan fingerprint density at radius 3 is 3.14 bits per heavy atom. The molecule has 0 spiro atoms. The van der Waals surface area contributed by atoms with E-state index >= 15 is 0 Å². The Hall–Kier alpha value is -1.47. The molecule has 14 heavy (non-hydrogen) atoms. The molecule has 0 radical (unpaired) electrons. The number of rotatable bonds is 0. The third-order valence-corrected chi connectivity index (χ3v) is 2.08. The average molecular weight is 251 g/mol. The van der Waals surface area contributed by atoms with Gasteiger partial charge in [0.1, 0.15) is 0 Å². The van der Waals surface area contributed by atoms with Crippen molar-refractivity contribution in [3.8, 4) is 11.8 Å². The van der Waals surface area contributed by atoms with Crippen molar-refractivity contribution >= 4 is 32.7 Å². The molecule has 2 rings (SSSR count). The zero-order chi connectivity index (χ0) is 9.97. The Morgan fingerprint density at radius 2 is 2.36 bits per heavy atom. The van der Waals surface area contributed by atoms with E-state index in [1.54, 1.807) is 0 Å². The summed E-state index contributed by atoms with van der Waals surface area (Å²) < 4.78 is 4.98. The van der Waals surface area contributed by atoms with Crippen molar-refractivity contribution in [2.45, 2.75) is 0 Å². The highest BCUT2D eigenvalue weighted by atomic mass is 79.9. The van der Waals surface area contributed by atoms with Crippen LogP contribution in [0.4, 0.5) is 5.82 Å². The van der Waals surface area contributed by atoms with Crippen LogP contribution in [0.5, 0.6) is 0 Å². The first kappa shape index (κ1) is 9.10. The molecule has 2 N–H and O–H groups in total. The first-order valence-corrected chi connectivity index (χ1v) is 5.13. The third-order valence-electron chi connectivity index (χ3n) is 1.80. The van der Waals surface area contributed by atoms with Gasteiger partial charge in [-0.1, -0.05) is 32.9 Å². The van der Waals surface area contributed by atoms with Gasteiger partial charge in [-0.3, -0.25) is 0 Å². The predicted molar refractivity (Wildman–Crippen MR) is 59.1 cm³/mol. The minimum absolute atomic E-state index is 0.405. The number of nitrogen functional groups attached to an aromatic ring is 1. The molecular formula is C10H7BrN2O. The predicted octanol–water partition coefficient (Wildman–Crippen LogP) is 2.16. The second-order valence-electron chi connectivity index (χ2n) is 2.71. The van der Waals surface area contributed by atoms with E-state index in [2.05, 4.69) is 32.9 Å². The molecule has 0 aliphatic carbocycles. The van der Waals surface area contributed by atoms with Gasteiger partial charge in [0.25, 0.3) is 0 Å². The van der Waals surface area contributed by atoms with Crippen molar-refractivity contribution in [1.82, 2.24) is 5.16 Å². The fraction of sp³-hybridized carbons (Fsp3) is 0.100. The van der Waals surface area contributed by atoms with Crippen molar-refractivity contribution in [1.29, 1.82) is 0 Å². The van der Waals surface area contributed by atoms with Gasteiger partial charge in [0, 0.05) is 5.56 Å². The molecule has 0 amide bonds. The van der Waals surface area contributed by atoms with Crippen LogP contribution in [0.15, 0.2) is 22.7 Å². The lowest BCUT2D eigenvalue weighted by Crippen LogP contribution is -1.83. The van der Waals surface area contributed by atoms with Gasteiger partial charge in [-0.2, -0.15) is 0 Å². The quantitative estimate of drug-likeness (QED) is 0.576. The summed E-state index contributed by atoms with van der Waals surface area (Å²) in [6, 6.07) is 5.57. The summed E-state index contributed by atoms with van der Waals surface area (Å²) in [7, 11) is 0. The normalized spacial score (nSPS) is 9.79. The first-order chi connectivity index (χ1) is 6.81. The van der Waals surface area contributed by atoms with E-state index in [9.17, 15) is 0 Å². The van der Waals surface area contributed by atoms with Crippen molar-refractivity contribution < 1.29 is 4.52 Å². The highest BCUT2D eigenvalue weighted by Gasteiger charge is 2.03. The van der Waals surface area contributed by atoms with Gasteiger partial charge in [-0.15, -0.1) is 0 Å². The molecule has 0 bridgehead atoms. The minimum atomic E-state index is 0.405. The smallest absolute Gasteiger partial charge is 0.174 e. The molecule has 0 aliphatic heterocycles. The lowest BCUT2D eigenvalue weighted by molar-refractivity contribution is 0.460. The van der Waals surface area contributed by atoms with Gasteiger partial charge in [0.15, 0.2) is 11.4 Å². The van der Waals surface area contributed by atoms with Crippen molar-refractivity contribution in [2.75, 3.05) is 11.1 Å². The van der Waals surface area contributed by atoms with Gasteiger partial charge in [0.2, 0.25) is 0 Å². The average Bonchev–Trinajstić information content (AvgIpc) is 2.57. The van der Waals surface area contributed by atoms with Crippen molar-refractivity contribution in [3.05, 3.63) is 23.8 Å². The Bertz CT molecular complexity index is 522. The molecule has 0 atom stereocenters. The Kier molecular flexibility index (Phi) is 2.42. The molecule has 1 aromatic heterocycles. The number of alkyl halides is 1. The summed E-state index contributed by atoms with van der Waals surface area (Å²) in [6.45, 7) is 0. The lowest BCUT2D eigenvalue weighted by atomic mass is 10.1. The number of nitrogens with zero attached hydrogens (tertiary/aromatic N) is 1. The largest absolute Gasteiger partial charge is 0.380 e. The second-order valence-corrected chi connectivity index (χ2v) is 3.27. The van der Waals surface area contributed by atoms with E-state index in [0.717, 1.165) is 10.9 Å². The fourth-order valence-electron chi connectivity index (χ4n) is 1.17. The molecule has 0 fully saturated rings. The highest BCUT2D eigenvalue weighted by Crippen LogP contribution is 2.20. The summed E-state index contributed by atoms with van der Waals surface area (Å²) in [6.07, 6.45) is 0. The van der Waals surface area contributed by atoms with Crippen LogP contribution in [0.3, 0.4) is 0 Å². The number of anilines is 1. The van der Waals surface area contributed by atoms with Crippen molar-refractivity contribution in [3.63, 3.8) is 0 Å². The van der Waals surface area contributed by atoms with Crippen LogP contribution in [0.1, 0.15) is 5.56 Å². The molecule has 70 valence electrons. The number of benzene rings is 1. The Balaban J connectivity index is 2.54. The van der Waals surface area contributed by atoms with E-state index in [1.807, 2.05) is 18.2 Å². The molecule has 1 heterocycles. The Morgan fingerprint density at radius 1 is 1.50 bits per heavy atom. The van der Waals surface area contributed by atoms with Gasteiger partial charge < -0.3 is 10.3 Å². The van der Waals surface area contributed by atoms with Crippen molar-refractivity contribution in [2.24, 2.45) is 0 Å². The summed E-state index contributed by atoms with van der Waals surface area (Å²) in [5.74, 6) is 6.30. The molecule has 1 aromatic carbocycles. The standard InChI is InChI=1S/C10H7BrN2O/c11-5-1-2-7-3-4-9-8(6-7)10(12)13-14-9/h3-4,6H,5H2,(H2,12,13). The van der Waals surface area contributed by atoms with Crippen LogP contribution in [0.25, 0.3) is 11.0 Å². The molecule has 3 nitrogen and oxygen atoms in total. The van der Waals surface area contributed by atoms with Crippen LogP contribution in [-0.4, -0.2) is 10.5 Å². The summed E-state index contributed by atoms with van der Waals surface area (Å²) in [4.78, 5) is 0. The van der Waals surface area contributed by atoms with Crippen LogP contribution < -0.4 is 5.73 Å². The maximum absolute atomic E-state index is 5.61. The SMILES string of the molecule is Nc1noc2ccc(C#CCBr)cc12. The van der Waals surface area contributed by atoms with Gasteiger partial charge in [-0.05, 0) is 18.2 Å². The summed E-state index contributed by atoms with van der Waals surface area (Å²) >= 11 is 3.23. The molecule has 0 saturated carbocycles. The molecular weight excluding hydrogens is 244 g/mol. The van der Waals surface area contributed by atoms with E-state index < -0.39 is 0 Å². The lowest BCUT2D eigenvalue weighted by Gasteiger charge is -1.89. The van der Waals surface area contributed by atoms with E-state index in [-0.39, 0.29) is 0 Å². The topological polar surface area (TPSA) is 52.0 Å². The van der Waals surface area contributed by atoms with E-state index in [0.29, 0.717) is 16.7 Å². The van der Waals surface area contributed by atoms with Gasteiger partial charge in [0.05, 0.1) is 10.7 Å². The van der Waals surface area contributed by atoms with Crippen LogP contribution >= 0.6 is 15.9 Å². The maximum atomic E-state index is 5.61. The van der Waals surface area contributed by atoms with E-state index in [1.165, 1.54) is 0 Å². The number of aromatic nitrogens is 1. The number of hydrogen-bond acceptors (Lipinski definition) is 3. The van der Waals surface area contributed by atoms with Crippen LogP contribution in [-0.2, 0) is 0 Å². The zero-order valence-corrected chi connectivity index (χ0v) is 8.84. The third kappa shape index (κ3) is 1.59. The summed E-state index contributed by atoms with van der Waals surface area (Å²) in [5.41, 5.74) is 7.21. The number of halogens is 1. The Labute approximate surface area is 89.4 Å². The van der Waals surface area contributed by atoms with Crippen LogP contribution in [0, 0.1) is 11.8 Å². The molecule has 0 unspecified atom stereocenters. The zero-order valence-electron chi connectivity index (χ0n) is 7.25. The van der Waals surface area contributed by atoms with Gasteiger partial charge in [-0.25, -0.2) is 0 Å². The highest BCUT2D eigenvalue weighted by molar-refractivity contribution is 9.09. The molecule has 0 aliphatic rings. The maximum Gasteiger partial charge on any atom is 0.174 e. The minimum Gasteiger partial charge on any atom is -0.380 e.